The number of allylic oxidation sites excluding steroid dienone is 9. The van der Waals surface area contributed by atoms with Crippen molar-refractivity contribution >= 4 is 45.6 Å². The predicted molar refractivity (Wildman–Crippen MR) is 232 cm³/mol. The molecular formula is C53H40N2. The molecular weight excluding hydrogens is 665 g/mol. The van der Waals surface area contributed by atoms with Gasteiger partial charge < -0.3 is 0 Å². The van der Waals surface area contributed by atoms with Gasteiger partial charge in [-0.1, -0.05) is 152 Å². The van der Waals surface area contributed by atoms with E-state index in [0.29, 0.717) is 11.8 Å². The summed E-state index contributed by atoms with van der Waals surface area (Å²) in [5.41, 5.74) is 15.1. The Kier molecular flexibility index (Phi) is 7.62. The fourth-order valence-corrected chi connectivity index (χ4v) is 9.63. The molecule has 2 heteroatoms. The van der Waals surface area contributed by atoms with E-state index in [9.17, 15) is 0 Å². The molecule has 11 rings (SSSR count). The molecule has 0 saturated carbocycles. The van der Waals surface area contributed by atoms with Crippen LogP contribution < -0.4 is 10.4 Å². The van der Waals surface area contributed by atoms with Crippen LogP contribution in [0.5, 0.6) is 0 Å². The van der Waals surface area contributed by atoms with Gasteiger partial charge >= 0.3 is 0 Å². The Hall–Kier alpha value is -6.51. The number of fused-ring (bicyclic) bond motifs is 5. The van der Waals surface area contributed by atoms with Gasteiger partial charge in [-0.2, -0.15) is 0 Å². The first-order valence-corrected chi connectivity index (χ1v) is 19.8. The van der Waals surface area contributed by atoms with Crippen molar-refractivity contribution in [1.29, 1.82) is 0 Å². The molecule has 0 bridgehead atoms. The monoisotopic (exact) mass is 704 g/mol. The second kappa shape index (κ2) is 13.1. The molecule has 55 heavy (non-hydrogen) atoms. The summed E-state index contributed by atoms with van der Waals surface area (Å²) in [5.74, 6) is 1.69. The first-order valence-electron chi connectivity index (χ1n) is 19.8. The summed E-state index contributed by atoms with van der Waals surface area (Å²) in [7, 11) is 0. The smallest absolute Gasteiger partial charge is 0.146 e. The van der Waals surface area contributed by atoms with Gasteiger partial charge in [0.2, 0.25) is 0 Å². The van der Waals surface area contributed by atoms with Gasteiger partial charge in [0.15, 0.2) is 0 Å². The maximum Gasteiger partial charge on any atom is 0.146 e. The van der Waals surface area contributed by atoms with Crippen LogP contribution >= 0.6 is 0 Å². The van der Waals surface area contributed by atoms with Crippen LogP contribution in [0.3, 0.4) is 0 Å². The van der Waals surface area contributed by atoms with E-state index >= 15 is 0 Å². The Balaban J connectivity index is 1.16. The lowest BCUT2D eigenvalue weighted by molar-refractivity contribution is 0.678. The summed E-state index contributed by atoms with van der Waals surface area (Å²) in [6.45, 7) is 0. The minimum atomic E-state index is 0.325. The Bertz CT molecular complexity index is 2970. The number of imidazole rings is 1. The molecule has 262 valence electrons. The number of aromatic nitrogens is 2. The molecule has 0 radical (unpaired) electrons. The van der Waals surface area contributed by atoms with E-state index in [1.165, 1.54) is 71.3 Å². The summed E-state index contributed by atoms with van der Waals surface area (Å²) in [4.78, 5) is 5.28. The molecule has 4 aliphatic rings. The highest BCUT2D eigenvalue weighted by atomic mass is 15.1. The Labute approximate surface area is 321 Å². The number of nitrogens with zero attached hydrogens (tertiary/aromatic N) is 2. The van der Waals surface area contributed by atoms with Crippen LogP contribution in [0.1, 0.15) is 36.0 Å². The largest absolute Gasteiger partial charge is 0.292 e. The molecule has 1 aromatic heterocycles. The van der Waals surface area contributed by atoms with Crippen molar-refractivity contribution < 1.29 is 0 Å². The molecule has 2 nitrogen and oxygen atoms in total. The summed E-state index contributed by atoms with van der Waals surface area (Å²) in [5, 5.41) is 5.42. The van der Waals surface area contributed by atoms with E-state index in [2.05, 4.69) is 187 Å². The fourth-order valence-electron chi connectivity index (χ4n) is 9.63. The maximum atomic E-state index is 5.28. The molecule has 0 saturated heterocycles. The Morgan fingerprint density at radius 1 is 0.600 bits per heavy atom. The predicted octanol–water partition coefficient (Wildman–Crippen LogP) is 11.8. The molecule has 0 amide bonds. The first-order chi connectivity index (χ1) is 27.3. The zero-order chi connectivity index (χ0) is 36.3. The quantitative estimate of drug-likeness (QED) is 0.174. The Morgan fingerprint density at radius 3 is 2.22 bits per heavy atom. The molecule has 0 spiro atoms. The Morgan fingerprint density at radius 2 is 1.35 bits per heavy atom. The molecule has 2 atom stereocenters. The van der Waals surface area contributed by atoms with Crippen LogP contribution in [0.15, 0.2) is 164 Å². The van der Waals surface area contributed by atoms with Crippen molar-refractivity contribution in [3.63, 3.8) is 0 Å². The molecule has 6 aromatic carbocycles. The van der Waals surface area contributed by atoms with E-state index in [-0.39, 0.29) is 0 Å². The summed E-state index contributed by atoms with van der Waals surface area (Å²) in [6.07, 6.45) is 30.0. The van der Waals surface area contributed by atoms with Crippen molar-refractivity contribution in [3.05, 3.63) is 191 Å². The fraction of sp³-hybridized carbons (Fsp3) is 0.113. The molecule has 7 aromatic rings. The lowest BCUT2D eigenvalue weighted by atomic mass is 9.74. The van der Waals surface area contributed by atoms with Crippen molar-refractivity contribution in [3.8, 4) is 39.3 Å². The van der Waals surface area contributed by atoms with Crippen molar-refractivity contribution in [2.45, 2.75) is 25.7 Å². The first kappa shape index (κ1) is 32.0. The van der Waals surface area contributed by atoms with Gasteiger partial charge in [0, 0.05) is 23.1 Å². The lowest BCUT2D eigenvalue weighted by Crippen LogP contribution is -2.34. The minimum Gasteiger partial charge on any atom is -0.292 e. The third-order valence-electron chi connectivity index (χ3n) is 12.1. The second-order valence-corrected chi connectivity index (χ2v) is 15.2. The van der Waals surface area contributed by atoms with E-state index < -0.39 is 0 Å². The van der Waals surface area contributed by atoms with Gasteiger partial charge in [0.25, 0.3) is 0 Å². The number of rotatable bonds is 5. The summed E-state index contributed by atoms with van der Waals surface area (Å²) in [6, 6.07) is 42.2. The highest BCUT2D eigenvalue weighted by Crippen LogP contribution is 2.43. The highest BCUT2D eigenvalue weighted by molar-refractivity contribution is 6.06. The lowest BCUT2D eigenvalue weighted by Gasteiger charge is -2.29. The van der Waals surface area contributed by atoms with Gasteiger partial charge in [-0.25, -0.2) is 4.98 Å². The van der Waals surface area contributed by atoms with Crippen LogP contribution in [0.2, 0.25) is 0 Å². The second-order valence-electron chi connectivity index (χ2n) is 15.2. The van der Waals surface area contributed by atoms with Crippen molar-refractivity contribution in [1.82, 2.24) is 9.55 Å². The van der Waals surface area contributed by atoms with Crippen molar-refractivity contribution in [2.75, 3.05) is 0 Å². The van der Waals surface area contributed by atoms with Crippen molar-refractivity contribution in [2.24, 2.45) is 11.8 Å². The van der Waals surface area contributed by atoms with E-state index in [1.807, 2.05) is 0 Å². The zero-order valence-corrected chi connectivity index (χ0v) is 30.7. The molecule has 4 aliphatic carbocycles. The van der Waals surface area contributed by atoms with Crippen LogP contribution in [-0.4, -0.2) is 9.55 Å². The third kappa shape index (κ3) is 5.20. The number of hydrogen-bond donors (Lipinski definition) is 0. The summed E-state index contributed by atoms with van der Waals surface area (Å²) >= 11 is 0. The molecule has 0 N–H and O–H groups in total. The topological polar surface area (TPSA) is 17.8 Å². The standard InChI is InChI=1S/C53H40N2/c1-3-17-36(18-4-1)51-44-25-11-12-26-45(44)52(43-27-15-19-35-16-7-8-22-39(35)43)46-31-30-37(34-48(46)51)40-32-33-47(42-24-10-9-23-41(40)42)53-54-49-28-13-14-29-50(49)55(53)38-20-5-2-6-21-38/h1-8,10,13-22,24-35,39H,9,11-12,23H2. The van der Waals surface area contributed by atoms with Gasteiger partial charge in [0.1, 0.15) is 5.82 Å². The van der Waals surface area contributed by atoms with Crippen LogP contribution in [0, 0.1) is 11.8 Å². The van der Waals surface area contributed by atoms with Gasteiger partial charge in [-0.05, 0) is 122 Å². The third-order valence-corrected chi connectivity index (χ3v) is 12.1. The molecule has 2 unspecified atom stereocenters. The van der Waals surface area contributed by atoms with Crippen LogP contribution in [-0.2, 0) is 6.42 Å². The maximum absolute atomic E-state index is 5.28. The van der Waals surface area contributed by atoms with Gasteiger partial charge in [-0.15, -0.1) is 0 Å². The number of para-hydroxylation sites is 3. The molecule has 1 heterocycles. The normalized spacial score (nSPS) is 18.0. The number of benzene rings is 6. The van der Waals surface area contributed by atoms with E-state index in [0.717, 1.165) is 48.2 Å². The molecule has 0 fully saturated rings. The average molecular weight is 705 g/mol. The van der Waals surface area contributed by atoms with Crippen LogP contribution in [0.25, 0.3) is 84.9 Å². The van der Waals surface area contributed by atoms with Crippen LogP contribution in [0.4, 0.5) is 0 Å². The minimum absolute atomic E-state index is 0.325. The van der Waals surface area contributed by atoms with Gasteiger partial charge in [0.05, 0.1) is 11.0 Å². The molecule has 0 aliphatic heterocycles. The number of hydrogen-bond acceptors (Lipinski definition) is 1. The van der Waals surface area contributed by atoms with E-state index in [1.54, 1.807) is 0 Å². The zero-order valence-electron chi connectivity index (χ0n) is 30.7. The highest BCUT2D eigenvalue weighted by Gasteiger charge is 2.28. The summed E-state index contributed by atoms with van der Waals surface area (Å²) < 4.78 is 2.32. The SMILES string of the molecule is C1=CC2C=CC=C(c3c4c(c(-c5ccccc5)c5cc(-c6ccc(-c7nc8ccccc8n7-c7ccccc7)c7c6CCC=C7)ccc35)=CCCC=4)C2C=C1. The average Bonchev–Trinajstić information content (AvgIpc) is 3.65. The van der Waals surface area contributed by atoms with Gasteiger partial charge in [-0.3, -0.25) is 4.57 Å². The van der Waals surface area contributed by atoms with E-state index in [4.69, 9.17) is 4.98 Å².